The Morgan fingerprint density at radius 3 is 2.73 bits per heavy atom. The number of rotatable bonds is 5. The summed E-state index contributed by atoms with van der Waals surface area (Å²) in [5.41, 5.74) is 1.40. The van der Waals surface area contributed by atoms with Crippen LogP contribution in [0.25, 0.3) is 0 Å². The second-order valence-electron chi connectivity index (χ2n) is 8.32. The van der Waals surface area contributed by atoms with E-state index in [1.807, 2.05) is 11.6 Å². The highest BCUT2D eigenvalue weighted by Gasteiger charge is 2.29. The summed E-state index contributed by atoms with van der Waals surface area (Å²) in [6.07, 6.45) is 8.68. The highest BCUT2D eigenvalue weighted by Crippen LogP contribution is 2.27. The van der Waals surface area contributed by atoms with E-state index in [1.165, 1.54) is 32.2 Å². The summed E-state index contributed by atoms with van der Waals surface area (Å²) in [5.74, 6) is 0.812. The van der Waals surface area contributed by atoms with Gasteiger partial charge in [-0.1, -0.05) is 18.1 Å². The molecule has 3 heterocycles. The Kier molecular flexibility index (Phi) is 5.55. The third kappa shape index (κ3) is 3.93. The van der Waals surface area contributed by atoms with Crippen LogP contribution >= 0.6 is 0 Å². The van der Waals surface area contributed by atoms with E-state index in [0.29, 0.717) is 11.7 Å². The Hall–Kier alpha value is -1.47. The largest absolute Gasteiger partial charge is 0.347 e. The fourth-order valence-electron chi connectivity index (χ4n) is 4.88. The van der Waals surface area contributed by atoms with Crippen molar-refractivity contribution < 1.29 is 4.79 Å². The smallest absolute Gasteiger partial charge is 0.274 e. The van der Waals surface area contributed by atoms with Crippen LogP contribution in [0.15, 0.2) is 0 Å². The Morgan fingerprint density at radius 2 is 1.96 bits per heavy atom. The minimum Gasteiger partial charge on any atom is -0.347 e. The first-order valence-corrected chi connectivity index (χ1v) is 10.4. The van der Waals surface area contributed by atoms with Gasteiger partial charge >= 0.3 is 0 Å². The minimum absolute atomic E-state index is 0.0598. The lowest BCUT2D eigenvalue weighted by Crippen LogP contribution is -2.38. The number of nitrogens with zero attached hydrogens (tertiary/aromatic N) is 4. The van der Waals surface area contributed by atoms with Crippen molar-refractivity contribution in [1.29, 1.82) is 0 Å². The van der Waals surface area contributed by atoms with Crippen LogP contribution in [-0.4, -0.2) is 64.6 Å². The number of hydrogen-bond donors (Lipinski definition) is 2. The molecule has 1 amide bonds. The molecule has 1 atom stereocenters. The lowest BCUT2D eigenvalue weighted by atomic mass is 10.1. The highest BCUT2D eigenvalue weighted by molar-refractivity contribution is 5.93. The van der Waals surface area contributed by atoms with Gasteiger partial charge in [-0.15, -0.1) is 5.10 Å². The van der Waals surface area contributed by atoms with Crippen molar-refractivity contribution in [2.75, 3.05) is 32.7 Å². The molecule has 2 N–H and O–H groups in total. The topological polar surface area (TPSA) is 75.1 Å². The molecule has 4 rings (SSSR count). The number of carbonyl (C=O) groups is 1. The number of hydrogen-bond acceptors (Lipinski definition) is 5. The summed E-state index contributed by atoms with van der Waals surface area (Å²) in [5, 5.41) is 15.1. The lowest BCUT2D eigenvalue weighted by Gasteiger charge is -2.23. The molecular formula is C19H32N6O. The summed E-state index contributed by atoms with van der Waals surface area (Å²) < 4.78 is 1.96. The van der Waals surface area contributed by atoms with Gasteiger partial charge in [-0.3, -0.25) is 4.79 Å². The zero-order valence-electron chi connectivity index (χ0n) is 15.9. The molecule has 0 aromatic carbocycles. The van der Waals surface area contributed by atoms with Gasteiger partial charge in [0, 0.05) is 25.7 Å². The van der Waals surface area contributed by atoms with Crippen LogP contribution < -0.4 is 10.6 Å². The van der Waals surface area contributed by atoms with Gasteiger partial charge in [0.25, 0.3) is 5.91 Å². The van der Waals surface area contributed by atoms with E-state index in [2.05, 4.69) is 25.8 Å². The lowest BCUT2D eigenvalue weighted by molar-refractivity contribution is 0.0931. The minimum atomic E-state index is -0.0598. The molecule has 144 valence electrons. The van der Waals surface area contributed by atoms with Crippen molar-refractivity contribution >= 4 is 5.91 Å². The maximum Gasteiger partial charge on any atom is 0.274 e. The van der Waals surface area contributed by atoms with Gasteiger partial charge in [-0.25, -0.2) is 4.68 Å². The van der Waals surface area contributed by atoms with Crippen LogP contribution in [0.4, 0.5) is 0 Å². The third-order valence-electron chi connectivity index (χ3n) is 6.40. The summed E-state index contributed by atoms with van der Waals surface area (Å²) in [6, 6.07) is 0.603. The van der Waals surface area contributed by atoms with Gasteiger partial charge in [-0.05, 0) is 58.0 Å². The van der Waals surface area contributed by atoms with Gasteiger partial charge in [-0.2, -0.15) is 0 Å². The number of amides is 1. The van der Waals surface area contributed by atoms with E-state index in [-0.39, 0.29) is 11.9 Å². The van der Waals surface area contributed by atoms with Crippen LogP contribution in [0.5, 0.6) is 0 Å². The van der Waals surface area contributed by atoms with Crippen molar-refractivity contribution in [3.05, 3.63) is 11.4 Å². The van der Waals surface area contributed by atoms with Crippen molar-refractivity contribution in [1.82, 2.24) is 30.5 Å². The van der Waals surface area contributed by atoms with Gasteiger partial charge in [0.2, 0.25) is 0 Å². The first kappa shape index (κ1) is 17.9. The molecule has 2 aliphatic heterocycles. The van der Waals surface area contributed by atoms with E-state index in [1.54, 1.807) is 0 Å². The molecule has 7 nitrogen and oxygen atoms in total. The summed E-state index contributed by atoms with van der Waals surface area (Å²) in [7, 11) is 0. The normalized spacial score (nSPS) is 25.8. The maximum atomic E-state index is 12.7. The molecule has 3 fully saturated rings. The second-order valence-corrected chi connectivity index (χ2v) is 8.32. The van der Waals surface area contributed by atoms with Crippen LogP contribution in [0.1, 0.15) is 67.2 Å². The number of nitrogens with one attached hydrogen (secondary N) is 2. The number of aromatic nitrogens is 3. The van der Waals surface area contributed by atoms with Crippen LogP contribution in [0.3, 0.4) is 0 Å². The van der Waals surface area contributed by atoms with Crippen molar-refractivity contribution in [2.45, 2.75) is 64.0 Å². The monoisotopic (exact) mass is 360 g/mol. The molecule has 0 radical (unpaired) electrons. The molecule has 26 heavy (non-hydrogen) atoms. The molecule has 1 aliphatic carbocycles. The van der Waals surface area contributed by atoms with Gasteiger partial charge in [0.1, 0.15) is 0 Å². The van der Waals surface area contributed by atoms with E-state index >= 15 is 0 Å². The predicted molar refractivity (Wildman–Crippen MR) is 100 cm³/mol. The predicted octanol–water partition coefficient (Wildman–Crippen LogP) is 1.51. The van der Waals surface area contributed by atoms with E-state index in [9.17, 15) is 4.79 Å². The number of likely N-dealkylation sites (tertiary alicyclic amines) is 1. The van der Waals surface area contributed by atoms with Gasteiger partial charge < -0.3 is 15.5 Å². The van der Waals surface area contributed by atoms with Crippen molar-refractivity contribution in [2.24, 2.45) is 5.92 Å². The first-order valence-electron chi connectivity index (χ1n) is 10.4. The zero-order valence-corrected chi connectivity index (χ0v) is 15.9. The molecule has 0 spiro atoms. The van der Waals surface area contributed by atoms with Crippen LogP contribution in [0, 0.1) is 12.8 Å². The third-order valence-corrected chi connectivity index (χ3v) is 6.40. The Labute approximate surface area is 155 Å². The van der Waals surface area contributed by atoms with Crippen LogP contribution in [-0.2, 0) is 0 Å². The molecule has 0 bridgehead atoms. The average Bonchev–Trinajstić information content (AvgIpc) is 3.38. The quantitative estimate of drug-likeness (QED) is 0.832. The van der Waals surface area contributed by atoms with Crippen LogP contribution in [0.2, 0.25) is 0 Å². The Balaban J connectivity index is 1.31. The fourth-order valence-corrected chi connectivity index (χ4v) is 4.88. The Morgan fingerprint density at radius 1 is 1.19 bits per heavy atom. The molecule has 7 heteroatoms. The first-order chi connectivity index (χ1) is 12.7. The summed E-state index contributed by atoms with van der Waals surface area (Å²) in [6.45, 7) is 7.26. The number of carbonyl (C=O) groups excluding carboxylic acids is 1. The van der Waals surface area contributed by atoms with Gasteiger partial charge in [0.15, 0.2) is 5.69 Å². The molecule has 1 saturated carbocycles. The second kappa shape index (κ2) is 8.05. The maximum absolute atomic E-state index is 12.7. The molecule has 3 aliphatic rings. The molecule has 1 aromatic heterocycles. The van der Waals surface area contributed by atoms with Crippen molar-refractivity contribution in [3.8, 4) is 0 Å². The summed E-state index contributed by atoms with van der Waals surface area (Å²) >= 11 is 0. The van der Waals surface area contributed by atoms with Crippen molar-refractivity contribution in [3.63, 3.8) is 0 Å². The average molecular weight is 361 g/mol. The number of piperidine rings is 1. The molecule has 1 aromatic rings. The van der Waals surface area contributed by atoms with E-state index in [4.69, 9.17) is 0 Å². The molecule has 1 unspecified atom stereocenters. The Bertz CT molecular complexity index is 618. The fraction of sp³-hybridized carbons (Fsp3) is 0.842. The SMILES string of the molecule is Cc1c(C(=O)NC2CCN(CC3CCCC3)C2)nnn1C1CCNCC1. The zero-order chi connectivity index (χ0) is 17.9. The van der Waals surface area contributed by atoms with E-state index < -0.39 is 0 Å². The highest BCUT2D eigenvalue weighted by atomic mass is 16.2. The molecular weight excluding hydrogens is 328 g/mol. The van der Waals surface area contributed by atoms with E-state index in [0.717, 1.165) is 57.1 Å². The van der Waals surface area contributed by atoms with Gasteiger partial charge in [0.05, 0.1) is 11.7 Å². The molecule has 2 saturated heterocycles. The standard InChI is InChI=1S/C19H32N6O/c1-14-18(22-23-25(14)17-6-9-20-10-7-17)19(26)21-16-8-11-24(13-16)12-15-4-2-3-5-15/h15-17,20H,2-13H2,1H3,(H,21,26). The summed E-state index contributed by atoms with van der Waals surface area (Å²) in [4.78, 5) is 15.2.